The van der Waals surface area contributed by atoms with Crippen LogP contribution in [0.1, 0.15) is 27.7 Å². The molecule has 0 spiro atoms. The summed E-state index contributed by atoms with van der Waals surface area (Å²) < 4.78 is 1.05. The molecule has 0 aliphatic heterocycles. The number of hydrogen-bond donors (Lipinski definition) is 3. The van der Waals surface area contributed by atoms with Crippen molar-refractivity contribution in [3.05, 3.63) is 21.8 Å². The zero-order chi connectivity index (χ0) is 12.6. The molecule has 0 bridgehead atoms. The van der Waals surface area contributed by atoms with Gasteiger partial charge in [0.25, 0.3) is 0 Å². The third-order valence-electron chi connectivity index (χ3n) is 2.97. The smallest absolute Gasteiger partial charge is 0.0814 e. The molecule has 0 amide bonds. The average Bonchev–Trinajstić information content (AvgIpc) is 2.08. The lowest BCUT2D eigenvalue weighted by atomic mass is 9.86. The highest BCUT2D eigenvalue weighted by Crippen LogP contribution is 2.29. The highest BCUT2D eigenvalue weighted by molar-refractivity contribution is 14.1. The molecular weight excluding hydrogens is 315 g/mol. The largest absolute Gasteiger partial charge is 0.399 e. The predicted molar refractivity (Wildman–Crippen MR) is 77.6 cm³/mol. The summed E-state index contributed by atoms with van der Waals surface area (Å²) in [7, 11) is 0. The number of nitrogen functional groups attached to an aromatic ring is 1. The van der Waals surface area contributed by atoms with Gasteiger partial charge in [-0.05, 0) is 68.5 Å². The zero-order valence-electron chi connectivity index (χ0n) is 10.1. The summed E-state index contributed by atoms with van der Waals surface area (Å²) in [6.07, 6.45) is 0. The maximum atomic E-state index is 10.1. The van der Waals surface area contributed by atoms with Crippen LogP contribution < -0.4 is 11.1 Å². The van der Waals surface area contributed by atoms with E-state index in [-0.39, 0.29) is 0 Å². The van der Waals surface area contributed by atoms with E-state index >= 15 is 0 Å². The van der Waals surface area contributed by atoms with Gasteiger partial charge in [-0.15, -0.1) is 0 Å². The number of hydrogen-bond acceptors (Lipinski definition) is 3. The lowest BCUT2D eigenvalue weighted by Gasteiger charge is -2.39. The summed E-state index contributed by atoms with van der Waals surface area (Å²) in [4.78, 5) is 0. The van der Waals surface area contributed by atoms with E-state index in [1.54, 1.807) is 13.8 Å². The third-order valence-corrected chi connectivity index (χ3v) is 3.86. The highest BCUT2D eigenvalue weighted by atomic mass is 127. The van der Waals surface area contributed by atoms with Crippen molar-refractivity contribution in [2.75, 3.05) is 11.1 Å². The quantitative estimate of drug-likeness (QED) is 0.588. The SMILES string of the molecule is CC(C)(O)C(C)(C)Nc1ccc(N)cc1I. The maximum Gasteiger partial charge on any atom is 0.0814 e. The summed E-state index contributed by atoms with van der Waals surface area (Å²) in [5, 5.41) is 13.4. The number of rotatable bonds is 3. The van der Waals surface area contributed by atoms with Gasteiger partial charge < -0.3 is 16.2 Å². The van der Waals surface area contributed by atoms with E-state index in [0.29, 0.717) is 0 Å². The molecule has 90 valence electrons. The van der Waals surface area contributed by atoms with Gasteiger partial charge in [-0.3, -0.25) is 0 Å². The first-order valence-corrected chi connectivity index (χ1v) is 6.27. The van der Waals surface area contributed by atoms with Gasteiger partial charge >= 0.3 is 0 Å². The van der Waals surface area contributed by atoms with Crippen molar-refractivity contribution in [1.82, 2.24) is 0 Å². The average molecular weight is 334 g/mol. The summed E-state index contributed by atoms with van der Waals surface area (Å²) in [5.41, 5.74) is 6.21. The zero-order valence-corrected chi connectivity index (χ0v) is 12.3. The Morgan fingerprint density at radius 1 is 1.25 bits per heavy atom. The fourth-order valence-corrected chi connectivity index (χ4v) is 1.80. The van der Waals surface area contributed by atoms with Crippen LogP contribution in [0.3, 0.4) is 0 Å². The first-order valence-electron chi connectivity index (χ1n) is 5.19. The lowest BCUT2D eigenvalue weighted by Crippen LogP contribution is -2.51. The van der Waals surface area contributed by atoms with E-state index in [9.17, 15) is 5.11 Å². The number of halogens is 1. The fraction of sp³-hybridized carbons (Fsp3) is 0.500. The van der Waals surface area contributed by atoms with Crippen molar-refractivity contribution in [1.29, 1.82) is 0 Å². The van der Waals surface area contributed by atoms with Gasteiger partial charge in [0.15, 0.2) is 0 Å². The van der Waals surface area contributed by atoms with Gasteiger partial charge in [-0.1, -0.05) is 0 Å². The van der Waals surface area contributed by atoms with Crippen LogP contribution in [0, 0.1) is 3.57 Å². The molecule has 1 aromatic carbocycles. The van der Waals surface area contributed by atoms with Crippen molar-refractivity contribution in [2.24, 2.45) is 0 Å². The van der Waals surface area contributed by atoms with E-state index < -0.39 is 11.1 Å². The van der Waals surface area contributed by atoms with Crippen molar-refractivity contribution in [2.45, 2.75) is 38.8 Å². The van der Waals surface area contributed by atoms with Crippen molar-refractivity contribution >= 4 is 34.0 Å². The van der Waals surface area contributed by atoms with Crippen LogP contribution in [0.25, 0.3) is 0 Å². The highest BCUT2D eigenvalue weighted by Gasteiger charge is 2.35. The van der Waals surface area contributed by atoms with Gasteiger partial charge in [-0.2, -0.15) is 0 Å². The molecule has 0 saturated carbocycles. The molecule has 0 heterocycles. The molecule has 4 heteroatoms. The van der Waals surface area contributed by atoms with E-state index in [4.69, 9.17) is 5.73 Å². The summed E-state index contributed by atoms with van der Waals surface area (Å²) >= 11 is 2.23. The molecule has 3 nitrogen and oxygen atoms in total. The molecule has 4 N–H and O–H groups in total. The molecule has 0 aliphatic carbocycles. The van der Waals surface area contributed by atoms with Crippen molar-refractivity contribution in [3.63, 3.8) is 0 Å². The molecule has 0 aromatic heterocycles. The van der Waals surface area contributed by atoms with Crippen LogP contribution in [0.2, 0.25) is 0 Å². The fourth-order valence-electron chi connectivity index (χ4n) is 1.12. The van der Waals surface area contributed by atoms with Gasteiger partial charge in [0.1, 0.15) is 0 Å². The van der Waals surface area contributed by atoms with E-state index in [0.717, 1.165) is 14.9 Å². The summed E-state index contributed by atoms with van der Waals surface area (Å²) in [5.74, 6) is 0. The topological polar surface area (TPSA) is 58.3 Å². The Morgan fingerprint density at radius 2 is 1.81 bits per heavy atom. The number of aliphatic hydroxyl groups is 1. The number of nitrogens with one attached hydrogen (secondary N) is 1. The number of anilines is 2. The van der Waals surface area contributed by atoms with E-state index in [1.165, 1.54) is 0 Å². The third kappa shape index (κ3) is 3.01. The van der Waals surface area contributed by atoms with Gasteiger partial charge in [0.2, 0.25) is 0 Å². The van der Waals surface area contributed by atoms with Gasteiger partial charge in [0, 0.05) is 14.9 Å². The maximum absolute atomic E-state index is 10.1. The van der Waals surface area contributed by atoms with Crippen LogP contribution in [0.4, 0.5) is 11.4 Å². The van der Waals surface area contributed by atoms with E-state index in [1.807, 2.05) is 32.0 Å². The van der Waals surface area contributed by atoms with Gasteiger partial charge in [0.05, 0.1) is 11.1 Å². The number of benzene rings is 1. The Morgan fingerprint density at radius 3 is 2.25 bits per heavy atom. The van der Waals surface area contributed by atoms with Crippen LogP contribution >= 0.6 is 22.6 Å². The Balaban J connectivity index is 2.97. The molecule has 1 aromatic rings. The normalized spacial score (nSPS) is 12.6. The first kappa shape index (κ1) is 13.6. The monoisotopic (exact) mass is 334 g/mol. The molecule has 0 fully saturated rings. The van der Waals surface area contributed by atoms with Crippen LogP contribution in [-0.2, 0) is 0 Å². The summed E-state index contributed by atoms with van der Waals surface area (Å²) in [6.45, 7) is 7.53. The minimum absolute atomic E-state index is 0.414. The second-order valence-electron chi connectivity index (χ2n) is 5.05. The molecule has 16 heavy (non-hydrogen) atoms. The van der Waals surface area contributed by atoms with Crippen LogP contribution in [0.15, 0.2) is 18.2 Å². The lowest BCUT2D eigenvalue weighted by molar-refractivity contribution is 0.0240. The Kier molecular flexibility index (Phi) is 3.74. The second kappa shape index (κ2) is 4.41. The molecule has 0 aliphatic rings. The predicted octanol–water partition coefficient (Wildman–Crippen LogP) is 2.83. The van der Waals surface area contributed by atoms with Gasteiger partial charge in [-0.25, -0.2) is 0 Å². The Labute approximate surface area is 111 Å². The van der Waals surface area contributed by atoms with Crippen LogP contribution in [-0.4, -0.2) is 16.2 Å². The standard InChI is InChI=1S/C12H19IN2O/c1-11(2,12(3,4)16)15-10-6-5-8(14)7-9(10)13/h5-7,15-16H,14H2,1-4H3. The minimum Gasteiger partial charge on any atom is -0.399 e. The molecule has 0 unspecified atom stereocenters. The van der Waals surface area contributed by atoms with Crippen molar-refractivity contribution < 1.29 is 5.11 Å². The molecular formula is C12H19IN2O. The summed E-state index contributed by atoms with van der Waals surface area (Å²) in [6, 6.07) is 5.69. The minimum atomic E-state index is -0.808. The number of nitrogens with two attached hydrogens (primary N) is 1. The molecule has 0 atom stereocenters. The Bertz CT molecular complexity index is 383. The molecule has 0 radical (unpaired) electrons. The van der Waals surface area contributed by atoms with Crippen molar-refractivity contribution in [3.8, 4) is 0 Å². The van der Waals surface area contributed by atoms with Crippen LogP contribution in [0.5, 0.6) is 0 Å². The second-order valence-corrected chi connectivity index (χ2v) is 6.21. The molecule has 1 rings (SSSR count). The van der Waals surface area contributed by atoms with E-state index in [2.05, 4.69) is 27.9 Å². The Hall–Kier alpha value is -0.490. The first-order chi connectivity index (χ1) is 7.13. The molecule has 0 saturated heterocycles.